The van der Waals surface area contributed by atoms with Crippen LogP contribution < -0.4 is 0 Å². The molecule has 3 aromatic rings. The van der Waals surface area contributed by atoms with Gasteiger partial charge in [0.1, 0.15) is 0 Å². The Morgan fingerprint density at radius 2 is 1.78 bits per heavy atom. The first kappa shape index (κ1) is 15.5. The first-order chi connectivity index (χ1) is 10.9. The summed E-state index contributed by atoms with van der Waals surface area (Å²) in [6.07, 6.45) is -4.92. The smallest absolute Gasteiger partial charge is 0.248 e. The zero-order valence-corrected chi connectivity index (χ0v) is 12.7. The standard InChI is InChI=1S/C19H16F3N/c1-13-3-2-4-15(11-13)18-8-6-16-12-14(5-7-17(16)23-18)9-10-19(20,21)22/h2-8,11-12H,9-10H2,1H3. The number of benzene rings is 2. The van der Waals surface area contributed by atoms with Gasteiger partial charge in [0.15, 0.2) is 0 Å². The van der Waals surface area contributed by atoms with Crippen molar-refractivity contribution >= 4 is 10.9 Å². The maximum Gasteiger partial charge on any atom is 0.389 e. The van der Waals surface area contributed by atoms with Crippen molar-refractivity contribution in [2.24, 2.45) is 0 Å². The van der Waals surface area contributed by atoms with Gasteiger partial charge in [-0.2, -0.15) is 13.2 Å². The highest BCUT2D eigenvalue weighted by Gasteiger charge is 2.26. The Morgan fingerprint density at radius 3 is 2.52 bits per heavy atom. The van der Waals surface area contributed by atoms with Crippen LogP contribution >= 0.6 is 0 Å². The highest BCUT2D eigenvalue weighted by molar-refractivity contribution is 5.82. The Hall–Kier alpha value is -2.36. The van der Waals surface area contributed by atoms with Crippen LogP contribution in [0.2, 0.25) is 0 Å². The number of alkyl halides is 3. The molecule has 1 nitrogen and oxygen atoms in total. The SMILES string of the molecule is Cc1cccc(-c2ccc3cc(CCC(F)(F)F)ccc3n2)c1. The van der Waals surface area contributed by atoms with Crippen LogP contribution in [0.15, 0.2) is 54.6 Å². The lowest BCUT2D eigenvalue weighted by Gasteiger charge is -2.08. The molecule has 3 rings (SSSR count). The maximum absolute atomic E-state index is 12.3. The second kappa shape index (κ2) is 6.03. The van der Waals surface area contributed by atoms with E-state index in [4.69, 9.17) is 0 Å². The summed E-state index contributed by atoms with van der Waals surface area (Å²) in [5.41, 5.74) is 4.53. The second-order valence-electron chi connectivity index (χ2n) is 5.71. The van der Waals surface area contributed by atoms with Gasteiger partial charge in [0.05, 0.1) is 11.2 Å². The lowest BCUT2D eigenvalue weighted by molar-refractivity contribution is -0.133. The van der Waals surface area contributed by atoms with Gasteiger partial charge in [-0.25, -0.2) is 4.98 Å². The maximum atomic E-state index is 12.3. The van der Waals surface area contributed by atoms with Crippen LogP contribution in [0.4, 0.5) is 13.2 Å². The van der Waals surface area contributed by atoms with E-state index in [0.717, 1.165) is 27.7 Å². The molecular formula is C19H16F3N. The normalized spacial score (nSPS) is 11.8. The van der Waals surface area contributed by atoms with Crippen molar-refractivity contribution in [2.75, 3.05) is 0 Å². The van der Waals surface area contributed by atoms with E-state index in [1.54, 1.807) is 18.2 Å². The van der Waals surface area contributed by atoms with Gasteiger partial charge >= 0.3 is 6.18 Å². The first-order valence-corrected chi connectivity index (χ1v) is 7.44. The largest absolute Gasteiger partial charge is 0.389 e. The highest BCUT2D eigenvalue weighted by Crippen LogP contribution is 2.25. The predicted octanol–water partition coefficient (Wildman–Crippen LogP) is 5.71. The van der Waals surface area contributed by atoms with Gasteiger partial charge in [-0.1, -0.05) is 35.9 Å². The lowest BCUT2D eigenvalue weighted by atomic mass is 10.0. The number of hydrogen-bond donors (Lipinski definition) is 0. The molecule has 0 aliphatic heterocycles. The van der Waals surface area contributed by atoms with Crippen LogP contribution in [0.25, 0.3) is 22.2 Å². The molecule has 0 amide bonds. The molecule has 0 bridgehead atoms. The average Bonchev–Trinajstić information content (AvgIpc) is 2.51. The number of aryl methyl sites for hydroxylation is 2. The van der Waals surface area contributed by atoms with Gasteiger partial charge in [0.25, 0.3) is 0 Å². The quantitative estimate of drug-likeness (QED) is 0.603. The summed E-state index contributed by atoms with van der Waals surface area (Å²) in [5, 5.41) is 0.862. The minimum atomic E-state index is -4.12. The van der Waals surface area contributed by atoms with Gasteiger partial charge in [-0.05, 0) is 43.2 Å². The summed E-state index contributed by atoms with van der Waals surface area (Å²) in [7, 11) is 0. The third-order valence-corrected chi connectivity index (χ3v) is 3.76. The first-order valence-electron chi connectivity index (χ1n) is 7.44. The summed E-state index contributed by atoms with van der Waals surface area (Å²) >= 11 is 0. The fourth-order valence-electron chi connectivity index (χ4n) is 2.58. The van der Waals surface area contributed by atoms with Gasteiger partial charge in [0, 0.05) is 17.4 Å². The van der Waals surface area contributed by atoms with Crippen molar-refractivity contribution < 1.29 is 13.2 Å². The number of pyridine rings is 1. The van der Waals surface area contributed by atoms with Crippen LogP contribution in [0.1, 0.15) is 17.5 Å². The summed E-state index contributed by atoms with van der Waals surface area (Å²) in [6.45, 7) is 2.03. The van der Waals surface area contributed by atoms with E-state index in [9.17, 15) is 13.2 Å². The third kappa shape index (κ3) is 3.89. The molecule has 1 aromatic heterocycles. The topological polar surface area (TPSA) is 12.9 Å². The second-order valence-corrected chi connectivity index (χ2v) is 5.71. The number of fused-ring (bicyclic) bond motifs is 1. The Morgan fingerprint density at radius 1 is 0.957 bits per heavy atom. The number of aromatic nitrogens is 1. The zero-order valence-electron chi connectivity index (χ0n) is 12.7. The molecule has 2 aromatic carbocycles. The Bertz CT molecular complexity index is 837. The molecule has 0 aliphatic carbocycles. The predicted molar refractivity (Wildman–Crippen MR) is 86.3 cm³/mol. The molecule has 0 saturated carbocycles. The molecule has 0 saturated heterocycles. The Balaban J connectivity index is 1.90. The molecule has 118 valence electrons. The van der Waals surface area contributed by atoms with Crippen LogP contribution in [0.3, 0.4) is 0 Å². The number of halogens is 3. The van der Waals surface area contributed by atoms with Gasteiger partial charge in [-0.3, -0.25) is 0 Å². The number of hydrogen-bond acceptors (Lipinski definition) is 1. The average molecular weight is 315 g/mol. The Kier molecular flexibility index (Phi) is 4.07. The zero-order chi connectivity index (χ0) is 16.4. The molecule has 1 heterocycles. The molecular weight excluding hydrogens is 299 g/mol. The minimum Gasteiger partial charge on any atom is -0.248 e. The third-order valence-electron chi connectivity index (χ3n) is 3.76. The summed E-state index contributed by atoms with van der Waals surface area (Å²) in [4.78, 5) is 4.61. The van der Waals surface area contributed by atoms with Gasteiger partial charge in [-0.15, -0.1) is 0 Å². The molecule has 0 spiro atoms. The van der Waals surface area contributed by atoms with Crippen molar-refractivity contribution in [1.82, 2.24) is 4.98 Å². The van der Waals surface area contributed by atoms with E-state index >= 15 is 0 Å². The molecule has 0 radical (unpaired) electrons. The van der Waals surface area contributed by atoms with Crippen molar-refractivity contribution in [3.05, 3.63) is 65.7 Å². The highest BCUT2D eigenvalue weighted by atomic mass is 19.4. The molecule has 23 heavy (non-hydrogen) atoms. The van der Waals surface area contributed by atoms with E-state index in [2.05, 4.69) is 11.1 Å². The van der Waals surface area contributed by atoms with Crippen molar-refractivity contribution in [3.63, 3.8) is 0 Å². The van der Waals surface area contributed by atoms with Crippen LogP contribution in [0.5, 0.6) is 0 Å². The molecule has 0 aliphatic rings. The number of rotatable bonds is 3. The fourth-order valence-corrected chi connectivity index (χ4v) is 2.58. The van der Waals surface area contributed by atoms with Crippen LogP contribution in [-0.4, -0.2) is 11.2 Å². The lowest BCUT2D eigenvalue weighted by Crippen LogP contribution is -2.08. The van der Waals surface area contributed by atoms with E-state index < -0.39 is 12.6 Å². The molecule has 0 fully saturated rings. The van der Waals surface area contributed by atoms with E-state index in [1.165, 1.54) is 0 Å². The summed E-state index contributed by atoms with van der Waals surface area (Å²) < 4.78 is 36.9. The van der Waals surface area contributed by atoms with Gasteiger partial charge < -0.3 is 0 Å². The van der Waals surface area contributed by atoms with Crippen LogP contribution in [-0.2, 0) is 6.42 Å². The van der Waals surface area contributed by atoms with Crippen molar-refractivity contribution in [3.8, 4) is 11.3 Å². The van der Waals surface area contributed by atoms with E-state index in [1.807, 2.05) is 37.3 Å². The van der Waals surface area contributed by atoms with Crippen LogP contribution in [0, 0.1) is 6.92 Å². The number of nitrogens with zero attached hydrogens (tertiary/aromatic N) is 1. The molecule has 4 heteroatoms. The monoisotopic (exact) mass is 315 g/mol. The van der Waals surface area contributed by atoms with E-state index in [-0.39, 0.29) is 6.42 Å². The molecule has 0 unspecified atom stereocenters. The fraction of sp³-hybridized carbons (Fsp3) is 0.211. The minimum absolute atomic E-state index is 0.000921. The van der Waals surface area contributed by atoms with E-state index in [0.29, 0.717) is 5.56 Å². The van der Waals surface area contributed by atoms with Gasteiger partial charge in [0.2, 0.25) is 0 Å². The summed E-state index contributed by atoms with van der Waals surface area (Å²) in [6, 6.07) is 17.2. The van der Waals surface area contributed by atoms with Crippen molar-refractivity contribution in [2.45, 2.75) is 25.9 Å². The molecule has 0 atom stereocenters. The Labute approximate surface area is 132 Å². The van der Waals surface area contributed by atoms with Crippen molar-refractivity contribution in [1.29, 1.82) is 0 Å². The molecule has 0 N–H and O–H groups in total. The summed E-state index contributed by atoms with van der Waals surface area (Å²) in [5.74, 6) is 0.